The molecule has 0 amide bonds. The van der Waals surface area contributed by atoms with Crippen molar-refractivity contribution >= 4 is 15.9 Å². The largest absolute Gasteiger partial charge is 0.496 e. The van der Waals surface area contributed by atoms with E-state index >= 15 is 0 Å². The van der Waals surface area contributed by atoms with Crippen molar-refractivity contribution in [3.8, 4) is 11.5 Å². The lowest BCUT2D eigenvalue weighted by Gasteiger charge is -2.12. The highest BCUT2D eigenvalue weighted by Crippen LogP contribution is 2.33. The van der Waals surface area contributed by atoms with Crippen LogP contribution < -0.4 is 14.8 Å². The molecule has 0 saturated carbocycles. The van der Waals surface area contributed by atoms with Crippen molar-refractivity contribution in [3.05, 3.63) is 22.2 Å². The first-order valence-corrected chi connectivity index (χ1v) is 6.57. The molecular formula is C13H20BrNO2. The maximum Gasteiger partial charge on any atom is 0.133 e. The van der Waals surface area contributed by atoms with E-state index < -0.39 is 0 Å². The zero-order valence-electron chi connectivity index (χ0n) is 10.7. The fourth-order valence-corrected chi connectivity index (χ4v) is 2.22. The second-order valence-electron chi connectivity index (χ2n) is 3.86. The monoisotopic (exact) mass is 301 g/mol. The molecular weight excluding hydrogens is 282 g/mol. The predicted octanol–water partition coefficient (Wildman–Crippen LogP) is 3.01. The molecule has 0 aliphatic heterocycles. The number of halogens is 1. The highest BCUT2D eigenvalue weighted by molar-refractivity contribution is 9.10. The maximum absolute atomic E-state index is 5.38. The average molecular weight is 302 g/mol. The van der Waals surface area contributed by atoms with Crippen molar-refractivity contribution in [1.29, 1.82) is 0 Å². The second kappa shape index (κ2) is 7.56. The van der Waals surface area contributed by atoms with Crippen LogP contribution in [0.1, 0.15) is 18.4 Å². The molecule has 0 radical (unpaired) electrons. The Morgan fingerprint density at radius 2 is 1.82 bits per heavy atom. The number of benzene rings is 1. The molecule has 0 aromatic heterocycles. The summed E-state index contributed by atoms with van der Waals surface area (Å²) in [5.41, 5.74) is 1.20. The van der Waals surface area contributed by atoms with E-state index in [0.717, 1.165) is 41.8 Å². The number of unbranched alkanes of at least 4 members (excludes halogenated alkanes) is 1. The van der Waals surface area contributed by atoms with Gasteiger partial charge in [-0.15, -0.1) is 0 Å². The van der Waals surface area contributed by atoms with Gasteiger partial charge in [0.2, 0.25) is 0 Å². The Balaban J connectivity index is 2.74. The molecule has 1 rings (SSSR count). The lowest BCUT2D eigenvalue weighted by Crippen LogP contribution is -2.07. The van der Waals surface area contributed by atoms with E-state index in [1.165, 1.54) is 5.56 Å². The Hall–Kier alpha value is -0.740. The van der Waals surface area contributed by atoms with Crippen LogP contribution in [-0.4, -0.2) is 27.8 Å². The minimum Gasteiger partial charge on any atom is -0.496 e. The Kier molecular flexibility index (Phi) is 6.37. The molecule has 17 heavy (non-hydrogen) atoms. The van der Waals surface area contributed by atoms with Crippen molar-refractivity contribution in [2.24, 2.45) is 0 Å². The number of hydrogen-bond donors (Lipinski definition) is 1. The van der Waals surface area contributed by atoms with Gasteiger partial charge < -0.3 is 14.8 Å². The first-order valence-electron chi connectivity index (χ1n) is 5.78. The summed E-state index contributed by atoms with van der Waals surface area (Å²) in [6.07, 6.45) is 3.31. The van der Waals surface area contributed by atoms with Gasteiger partial charge in [0.15, 0.2) is 0 Å². The van der Waals surface area contributed by atoms with E-state index in [0.29, 0.717) is 0 Å². The van der Waals surface area contributed by atoms with Crippen LogP contribution in [-0.2, 0) is 6.42 Å². The lowest BCUT2D eigenvalue weighted by atomic mass is 10.1. The van der Waals surface area contributed by atoms with Gasteiger partial charge in [-0.2, -0.15) is 0 Å². The molecule has 0 aliphatic carbocycles. The number of aryl methyl sites for hydroxylation is 1. The summed E-state index contributed by atoms with van der Waals surface area (Å²) in [6.45, 7) is 1.05. The molecule has 0 saturated heterocycles. The molecule has 1 N–H and O–H groups in total. The third-order valence-corrected chi connectivity index (χ3v) is 3.30. The first kappa shape index (κ1) is 14.3. The van der Waals surface area contributed by atoms with Crippen LogP contribution in [0, 0.1) is 0 Å². The van der Waals surface area contributed by atoms with Gasteiger partial charge in [-0.1, -0.05) is 0 Å². The lowest BCUT2D eigenvalue weighted by molar-refractivity contribution is 0.396. The molecule has 0 atom stereocenters. The van der Waals surface area contributed by atoms with Gasteiger partial charge in [0, 0.05) is 0 Å². The Morgan fingerprint density at radius 3 is 2.41 bits per heavy atom. The summed E-state index contributed by atoms with van der Waals surface area (Å²) in [7, 11) is 5.35. The van der Waals surface area contributed by atoms with Crippen molar-refractivity contribution < 1.29 is 9.47 Å². The van der Waals surface area contributed by atoms with E-state index in [1.807, 2.05) is 19.2 Å². The number of nitrogens with one attached hydrogen (secondary N) is 1. The number of hydrogen-bond acceptors (Lipinski definition) is 3. The van der Waals surface area contributed by atoms with Crippen LogP contribution in [0.15, 0.2) is 16.6 Å². The second-order valence-corrected chi connectivity index (χ2v) is 4.71. The van der Waals surface area contributed by atoms with E-state index in [4.69, 9.17) is 9.47 Å². The fraction of sp³-hybridized carbons (Fsp3) is 0.538. The summed E-state index contributed by atoms with van der Waals surface area (Å²) in [5.74, 6) is 1.77. The van der Waals surface area contributed by atoms with Gasteiger partial charge in [0.05, 0.1) is 18.7 Å². The molecule has 1 aromatic rings. The van der Waals surface area contributed by atoms with Crippen LogP contribution in [0.25, 0.3) is 0 Å². The quantitative estimate of drug-likeness (QED) is 0.785. The van der Waals surface area contributed by atoms with Crippen molar-refractivity contribution in [2.75, 3.05) is 27.8 Å². The van der Waals surface area contributed by atoms with Gasteiger partial charge in [-0.05, 0) is 66.5 Å². The van der Waals surface area contributed by atoms with E-state index in [9.17, 15) is 0 Å². The van der Waals surface area contributed by atoms with Gasteiger partial charge in [-0.25, -0.2) is 0 Å². The highest BCUT2D eigenvalue weighted by Gasteiger charge is 2.09. The first-order chi connectivity index (χ1) is 8.22. The minimum absolute atomic E-state index is 0.856. The third-order valence-electron chi connectivity index (χ3n) is 2.68. The minimum atomic E-state index is 0.856. The van der Waals surface area contributed by atoms with E-state index in [-0.39, 0.29) is 0 Å². The van der Waals surface area contributed by atoms with Crippen molar-refractivity contribution in [1.82, 2.24) is 5.32 Å². The van der Waals surface area contributed by atoms with E-state index in [2.05, 4.69) is 21.2 Å². The summed E-state index contributed by atoms with van der Waals surface area (Å²) in [5, 5.41) is 3.15. The molecule has 96 valence electrons. The number of ether oxygens (including phenoxy) is 2. The van der Waals surface area contributed by atoms with Crippen LogP contribution in [0.2, 0.25) is 0 Å². The topological polar surface area (TPSA) is 30.5 Å². The van der Waals surface area contributed by atoms with Crippen LogP contribution >= 0.6 is 15.9 Å². The van der Waals surface area contributed by atoms with Gasteiger partial charge in [0.25, 0.3) is 0 Å². The number of rotatable bonds is 7. The van der Waals surface area contributed by atoms with Gasteiger partial charge >= 0.3 is 0 Å². The molecule has 0 bridgehead atoms. The smallest absolute Gasteiger partial charge is 0.133 e. The van der Waals surface area contributed by atoms with Crippen LogP contribution in [0.4, 0.5) is 0 Å². The summed E-state index contributed by atoms with van der Waals surface area (Å²) >= 11 is 3.46. The molecule has 0 fully saturated rings. The van der Waals surface area contributed by atoms with Crippen LogP contribution in [0.3, 0.4) is 0 Å². The standard InChI is InChI=1S/C13H20BrNO2/c1-15-7-5-4-6-10-8-13(17-3)11(14)9-12(10)16-2/h8-9,15H,4-7H2,1-3H3. The van der Waals surface area contributed by atoms with Gasteiger partial charge in [0.1, 0.15) is 11.5 Å². The third kappa shape index (κ3) is 4.21. The summed E-state index contributed by atoms with van der Waals surface area (Å²) in [6, 6.07) is 4.01. The predicted molar refractivity (Wildman–Crippen MR) is 74.1 cm³/mol. The molecule has 0 unspecified atom stereocenters. The molecule has 0 heterocycles. The molecule has 4 heteroatoms. The van der Waals surface area contributed by atoms with Gasteiger partial charge in [-0.3, -0.25) is 0 Å². The Bertz CT molecular complexity index is 356. The van der Waals surface area contributed by atoms with Crippen LogP contribution in [0.5, 0.6) is 11.5 Å². The fourth-order valence-electron chi connectivity index (χ4n) is 1.74. The normalized spacial score (nSPS) is 10.4. The van der Waals surface area contributed by atoms with E-state index in [1.54, 1.807) is 14.2 Å². The molecule has 0 aliphatic rings. The SMILES string of the molecule is CNCCCCc1cc(OC)c(Br)cc1OC. The Morgan fingerprint density at radius 1 is 1.12 bits per heavy atom. The molecule has 0 spiro atoms. The summed E-state index contributed by atoms with van der Waals surface area (Å²) in [4.78, 5) is 0. The van der Waals surface area contributed by atoms with Crippen molar-refractivity contribution in [2.45, 2.75) is 19.3 Å². The highest BCUT2D eigenvalue weighted by atomic mass is 79.9. The summed E-state index contributed by atoms with van der Waals surface area (Å²) < 4.78 is 11.6. The molecule has 3 nitrogen and oxygen atoms in total. The molecule has 1 aromatic carbocycles. The average Bonchev–Trinajstić information content (AvgIpc) is 2.35. The van der Waals surface area contributed by atoms with Crippen molar-refractivity contribution in [3.63, 3.8) is 0 Å². The maximum atomic E-state index is 5.38. The Labute approximate surface area is 112 Å². The number of methoxy groups -OCH3 is 2. The zero-order valence-corrected chi connectivity index (χ0v) is 12.3. The zero-order chi connectivity index (χ0) is 12.7.